The second-order valence-electron chi connectivity index (χ2n) is 5.56. The van der Waals surface area contributed by atoms with E-state index >= 15 is 0 Å². The first kappa shape index (κ1) is 14.1. The van der Waals surface area contributed by atoms with Crippen molar-refractivity contribution in [3.05, 3.63) is 82.8 Å². The number of halogens is 3. The number of Topliss-reactive ketones (excluding diaryl/α,β-unsaturated/α-hetero) is 1. The largest absolute Gasteiger partial charge is 0.460 e. The normalized spacial score (nSPS) is 20.0. The molecule has 1 atom stereocenters. The number of alkyl halides is 3. The summed E-state index contributed by atoms with van der Waals surface area (Å²) in [5.74, 6) is -3.95. The van der Waals surface area contributed by atoms with Gasteiger partial charge in [-0.2, -0.15) is 21.6 Å². The van der Waals surface area contributed by atoms with E-state index in [1.165, 1.54) is 0 Å². The second kappa shape index (κ2) is 7.19. The fraction of sp³-hybridized carbons (Fsp3) is 0.167. The lowest BCUT2D eigenvalue weighted by Crippen LogP contribution is -2.16. The van der Waals surface area contributed by atoms with Crippen LogP contribution in [0.2, 0.25) is 0 Å². The number of carbonyl (C=O) groups excluding carboxylic acids is 1. The fourth-order valence-corrected chi connectivity index (χ4v) is 3.28. The zero-order chi connectivity index (χ0) is 24.9. The first-order valence-corrected chi connectivity index (χ1v) is 9.07. The molecule has 2 aromatic rings. The maximum atomic E-state index is 12.7. The van der Waals surface area contributed by atoms with Gasteiger partial charge in [-0.1, -0.05) is 42.3 Å². The lowest BCUT2D eigenvalue weighted by atomic mass is 10.0. The standard InChI is InChI=1S/C18H14F3NO5S/c19-18(20,21)13-8-6-12(7-9-13)15-14(23)16(17(22)26-15)27-28(24,25)10-11-4-2-1-3-5-11/h1-9,15H,10,22H2/i1D,2D,3D,4D,5D. The molecular formula is C18H14F3NO5S. The van der Waals surface area contributed by atoms with Gasteiger partial charge in [-0.15, -0.1) is 0 Å². The number of hydrogen-bond acceptors (Lipinski definition) is 6. The Labute approximate surface area is 165 Å². The van der Waals surface area contributed by atoms with E-state index in [1.807, 2.05) is 0 Å². The molecule has 0 saturated heterocycles. The van der Waals surface area contributed by atoms with Crippen LogP contribution in [0.25, 0.3) is 0 Å². The molecule has 3 rings (SSSR count). The molecule has 10 heteroatoms. The number of rotatable bonds is 5. The van der Waals surface area contributed by atoms with Gasteiger partial charge in [0, 0.05) is 5.56 Å². The van der Waals surface area contributed by atoms with Crippen molar-refractivity contribution in [2.45, 2.75) is 18.0 Å². The third-order valence-corrected chi connectivity index (χ3v) is 4.62. The van der Waals surface area contributed by atoms with Gasteiger partial charge in [0.05, 0.1) is 12.4 Å². The van der Waals surface area contributed by atoms with Gasteiger partial charge >= 0.3 is 16.3 Å². The van der Waals surface area contributed by atoms with Crippen LogP contribution in [0.4, 0.5) is 13.2 Å². The van der Waals surface area contributed by atoms with E-state index in [1.54, 1.807) is 0 Å². The Hall–Kier alpha value is -3.01. The summed E-state index contributed by atoms with van der Waals surface area (Å²) in [6.45, 7) is 0. The molecule has 0 bridgehead atoms. The lowest BCUT2D eigenvalue weighted by Gasteiger charge is -2.12. The third kappa shape index (κ3) is 4.28. The van der Waals surface area contributed by atoms with Gasteiger partial charge in [0.1, 0.15) is 5.75 Å². The van der Waals surface area contributed by atoms with E-state index in [0.29, 0.717) is 12.1 Å². The summed E-state index contributed by atoms with van der Waals surface area (Å²) in [7, 11) is -4.76. The molecule has 148 valence electrons. The smallest absolute Gasteiger partial charge is 0.416 e. The Morgan fingerprint density at radius 2 is 1.75 bits per heavy atom. The van der Waals surface area contributed by atoms with Crippen molar-refractivity contribution in [3.8, 4) is 0 Å². The molecule has 0 aromatic heterocycles. The quantitative estimate of drug-likeness (QED) is 0.750. The highest BCUT2D eigenvalue weighted by molar-refractivity contribution is 7.86. The predicted molar refractivity (Wildman–Crippen MR) is 91.6 cm³/mol. The predicted octanol–water partition coefficient (Wildman–Crippen LogP) is 3.02. The SMILES string of the molecule is [2H]c1c([2H])c([2H])c(CS(=O)(=O)OC2=C(N)OC(c3ccc(C(F)(F)F)cc3)C2=O)c([2H])c1[2H]. The van der Waals surface area contributed by atoms with Crippen LogP contribution in [-0.4, -0.2) is 14.2 Å². The summed E-state index contributed by atoms with van der Waals surface area (Å²) in [6.07, 6.45) is -6.17. The lowest BCUT2D eigenvalue weighted by molar-refractivity contribution is -0.137. The molecule has 1 aliphatic heterocycles. The van der Waals surface area contributed by atoms with Crippen LogP contribution in [0.1, 0.15) is 29.6 Å². The zero-order valence-corrected chi connectivity index (χ0v) is 14.6. The Kier molecular flexibility index (Phi) is 3.61. The summed E-state index contributed by atoms with van der Waals surface area (Å²) < 4.78 is 111. The first-order chi connectivity index (χ1) is 15.1. The topological polar surface area (TPSA) is 95.7 Å². The van der Waals surface area contributed by atoms with Crippen molar-refractivity contribution in [2.24, 2.45) is 5.73 Å². The number of hydrogen-bond donors (Lipinski definition) is 1. The minimum Gasteiger partial charge on any atom is -0.460 e. The molecule has 0 fully saturated rings. The fourth-order valence-electron chi connectivity index (χ4n) is 2.30. The second-order valence-corrected chi connectivity index (χ2v) is 7.13. The highest BCUT2D eigenvalue weighted by Crippen LogP contribution is 2.35. The van der Waals surface area contributed by atoms with Gasteiger partial charge < -0.3 is 14.7 Å². The van der Waals surface area contributed by atoms with Crippen molar-refractivity contribution in [2.75, 3.05) is 0 Å². The average Bonchev–Trinajstić information content (AvgIpc) is 3.01. The molecule has 2 aromatic carbocycles. The van der Waals surface area contributed by atoms with Crippen molar-refractivity contribution < 1.29 is 42.2 Å². The monoisotopic (exact) mass is 418 g/mol. The summed E-state index contributed by atoms with van der Waals surface area (Å²) in [5, 5.41) is 0. The molecule has 6 nitrogen and oxygen atoms in total. The van der Waals surface area contributed by atoms with Gasteiger partial charge in [-0.3, -0.25) is 4.79 Å². The molecule has 1 heterocycles. The minimum absolute atomic E-state index is 0.0439. The Bertz CT molecular complexity index is 1250. The molecule has 0 saturated carbocycles. The Balaban J connectivity index is 1.84. The summed E-state index contributed by atoms with van der Waals surface area (Å²) >= 11 is 0. The summed E-state index contributed by atoms with van der Waals surface area (Å²) in [6, 6.07) is -0.459. The molecule has 0 radical (unpaired) electrons. The van der Waals surface area contributed by atoms with Crippen molar-refractivity contribution in [3.63, 3.8) is 0 Å². The third-order valence-electron chi connectivity index (χ3n) is 3.55. The van der Waals surface area contributed by atoms with Crippen LogP contribution in [0, 0.1) is 0 Å². The van der Waals surface area contributed by atoms with E-state index < -0.39 is 86.9 Å². The average molecular weight is 418 g/mol. The van der Waals surface area contributed by atoms with Crippen LogP contribution in [0.3, 0.4) is 0 Å². The van der Waals surface area contributed by atoms with Gasteiger partial charge in [0.2, 0.25) is 17.4 Å². The summed E-state index contributed by atoms with van der Waals surface area (Å²) in [5.41, 5.74) is 3.92. The maximum Gasteiger partial charge on any atom is 0.416 e. The van der Waals surface area contributed by atoms with E-state index in [0.717, 1.165) is 12.1 Å². The molecule has 1 aliphatic rings. The van der Waals surface area contributed by atoms with Gasteiger partial charge in [-0.05, 0) is 17.7 Å². The van der Waals surface area contributed by atoms with Gasteiger partial charge in [-0.25, -0.2) is 0 Å². The molecule has 0 aliphatic carbocycles. The maximum absolute atomic E-state index is 12.7. The molecule has 0 spiro atoms. The van der Waals surface area contributed by atoms with Crippen LogP contribution in [-0.2, 0) is 35.8 Å². The number of benzene rings is 2. The number of ether oxygens (including phenoxy) is 1. The van der Waals surface area contributed by atoms with Crippen molar-refractivity contribution in [1.29, 1.82) is 0 Å². The molecule has 1 unspecified atom stereocenters. The first-order valence-electron chi connectivity index (χ1n) is 9.99. The zero-order valence-electron chi connectivity index (χ0n) is 18.8. The van der Waals surface area contributed by atoms with Crippen LogP contribution in [0.15, 0.2) is 66.1 Å². The van der Waals surface area contributed by atoms with Crippen molar-refractivity contribution in [1.82, 2.24) is 0 Å². The number of nitrogens with two attached hydrogens (primary N) is 1. The highest BCUT2D eigenvalue weighted by Gasteiger charge is 2.40. The van der Waals surface area contributed by atoms with E-state index in [9.17, 15) is 26.4 Å². The molecule has 0 amide bonds. The van der Waals surface area contributed by atoms with E-state index in [4.69, 9.17) is 21.5 Å². The molecular weight excluding hydrogens is 399 g/mol. The van der Waals surface area contributed by atoms with Crippen molar-refractivity contribution >= 4 is 15.9 Å². The van der Waals surface area contributed by atoms with Crippen LogP contribution in [0.5, 0.6) is 0 Å². The minimum atomic E-state index is -4.76. The Morgan fingerprint density at radius 1 is 1.14 bits per heavy atom. The Morgan fingerprint density at radius 3 is 2.32 bits per heavy atom. The molecule has 2 N–H and O–H groups in total. The number of ketones is 1. The van der Waals surface area contributed by atoms with E-state index in [2.05, 4.69) is 0 Å². The van der Waals surface area contributed by atoms with Gasteiger partial charge in [0.25, 0.3) is 0 Å². The van der Waals surface area contributed by atoms with Gasteiger partial charge in [0.15, 0.2) is 6.10 Å². The molecule has 28 heavy (non-hydrogen) atoms. The van der Waals surface area contributed by atoms with E-state index in [-0.39, 0.29) is 5.56 Å². The number of carbonyl (C=O) groups is 1. The van der Waals surface area contributed by atoms with Crippen LogP contribution < -0.4 is 5.73 Å². The van der Waals surface area contributed by atoms with Crippen LogP contribution >= 0.6 is 0 Å². The summed E-state index contributed by atoms with van der Waals surface area (Å²) in [4.78, 5) is 12.6. The highest BCUT2D eigenvalue weighted by atomic mass is 32.2.